The zero-order valence-corrected chi connectivity index (χ0v) is 12.1. The molecular weight excluding hydrogens is 297 g/mol. The van der Waals surface area contributed by atoms with Crippen molar-refractivity contribution in [3.63, 3.8) is 0 Å². The summed E-state index contributed by atoms with van der Waals surface area (Å²) in [6.07, 6.45) is 0. The lowest BCUT2D eigenvalue weighted by molar-refractivity contribution is -0.118. The molecule has 0 radical (unpaired) electrons. The standard InChI is InChI=1S/C15H13Cl2NO2/c16-9-15(19)18-10-11-4-3-5-12(8-11)20-14-7-2-1-6-13(14)17/h1-8H,9-10H2,(H,18,19). The van der Waals surface area contributed by atoms with Gasteiger partial charge >= 0.3 is 0 Å². The van der Waals surface area contributed by atoms with Gasteiger partial charge in [-0.2, -0.15) is 0 Å². The Morgan fingerprint density at radius 3 is 2.70 bits per heavy atom. The van der Waals surface area contributed by atoms with Gasteiger partial charge in [-0.25, -0.2) is 0 Å². The van der Waals surface area contributed by atoms with Crippen LogP contribution >= 0.6 is 23.2 Å². The summed E-state index contributed by atoms with van der Waals surface area (Å²) in [5.41, 5.74) is 0.924. The molecule has 0 atom stereocenters. The Kier molecular flexibility index (Phi) is 5.27. The van der Waals surface area contributed by atoms with Crippen molar-refractivity contribution >= 4 is 29.1 Å². The van der Waals surface area contributed by atoms with E-state index in [2.05, 4.69) is 5.32 Å². The van der Waals surface area contributed by atoms with Crippen LogP contribution < -0.4 is 10.1 Å². The predicted molar refractivity (Wildman–Crippen MR) is 80.5 cm³/mol. The van der Waals surface area contributed by atoms with Crippen molar-refractivity contribution in [2.45, 2.75) is 6.54 Å². The van der Waals surface area contributed by atoms with E-state index in [1.807, 2.05) is 36.4 Å². The molecule has 0 saturated heterocycles. The lowest BCUT2D eigenvalue weighted by Gasteiger charge is -2.09. The number of nitrogens with one attached hydrogen (secondary N) is 1. The summed E-state index contributed by atoms with van der Waals surface area (Å²) in [4.78, 5) is 11.1. The van der Waals surface area contributed by atoms with Gasteiger partial charge in [0, 0.05) is 6.54 Å². The maximum atomic E-state index is 11.1. The summed E-state index contributed by atoms with van der Waals surface area (Å²) in [7, 11) is 0. The molecule has 0 saturated carbocycles. The fourth-order valence-corrected chi connectivity index (χ4v) is 1.89. The Hall–Kier alpha value is -1.71. The van der Waals surface area contributed by atoms with Crippen molar-refractivity contribution in [2.75, 3.05) is 5.88 Å². The molecule has 3 nitrogen and oxygen atoms in total. The molecule has 0 heterocycles. The van der Waals surface area contributed by atoms with E-state index in [4.69, 9.17) is 27.9 Å². The fourth-order valence-electron chi connectivity index (χ4n) is 1.62. The Balaban J connectivity index is 2.06. The van der Waals surface area contributed by atoms with Crippen LogP contribution in [0.5, 0.6) is 11.5 Å². The van der Waals surface area contributed by atoms with Crippen molar-refractivity contribution in [2.24, 2.45) is 0 Å². The fraction of sp³-hybridized carbons (Fsp3) is 0.133. The molecule has 0 bridgehead atoms. The number of carbonyl (C=O) groups is 1. The Morgan fingerprint density at radius 2 is 1.95 bits per heavy atom. The Bertz CT molecular complexity index is 602. The number of para-hydroxylation sites is 1. The van der Waals surface area contributed by atoms with Gasteiger partial charge in [-0.15, -0.1) is 11.6 Å². The molecule has 0 aliphatic carbocycles. The van der Waals surface area contributed by atoms with Gasteiger partial charge in [0.15, 0.2) is 0 Å². The highest BCUT2D eigenvalue weighted by Crippen LogP contribution is 2.29. The van der Waals surface area contributed by atoms with Crippen molar-refractivity contribution < 1.29 is 9.53 Å². The highest BCUT2D eigenvalue weighted by atomic mass is 35.5. The largest absolute Gasteiger partial charge is 0.456 e. The number of ether oxygens (including phenoxy) is 1. The maximum absolute atomic E-state index is 11.1. The van der Waals surface area contributed by atoms with Crippen LogP contribution in [-0.4, -0.2) is 11.8 Å². The summed E-state index contributed by atoms with van der Waals surface area (Å²) < 4.78 is 5.71. The molecule has 1 amide bonds. The van der Waals surface area contributed by atoms with Crippen LogP contribution in [0.2, 0.25) is 5.02 Å². The average Bonchev–Trinajstić information content (AvgIpc) is 2.47. The molecule has 2 aromatic carbocycles. The lowest BCUT2D eigenvalue weighted by atomic mass is 10.2. The molecule has 2 rings (SSSR count). The smallest absolute Gasteiger partial charge is 0.235 e. The summed E-state index contributed by atoms with van der Waals surface area (Å²) in [5, 5.41) is 3.25. The molecule has 104 valence electrons. The highest BCUT2D eigenvalue weighted by molar-refractivity contribution is 6.32. The zero-order chi connectivity index (χ0) is 14.4. The minimum atomic E-state index is -0.205. The van der Waals surface area contributed by atoms with Crippen LogP contribution in [0, 0.1) is 0 Å². The molecule has 0 aliphatic heterocycles. The lowest BCUT2D eigenvalue weighted by Crippen LogP contribution is -2.23. The molecule has 5 heteroatoms. The van der Waals surface area contributed by atoms with E-state index in [0.717, 1.165) is 5.56 Å². The van der Waals surface area contributed by atoms with E-state index in [1.165, 1.54) is 0 Å². The molecule has 0 unspecified atom stereocenters. The van der Waals surface area contributed by atoms with E-state index in [1.54, 1.807) is 12.1 Å². The van der Waals surface area contributed by atoms with Crippen molar-refractivity contribution in [3.05, 3.63) is 59.1 Å². The predicted octanol–water partition coefficient (Wildman–Crippen LogP) is 3.99. The quantitative estimate of drug-likeness (QED) is 0.848. The number of carbonyl (C=O) groups excluding carboxylic acids is 1. The average molecular weight is 310 g/mol. The molecule has 2 aromatic rings. The minimum absolute atomic E-state index is 0.0458. The number of hydrogen-bond acceptors (Lipinski definition) is 2. The van der Waals surface area contributed by atoms with Gasteiger partial charge in [0.05, 0.1) is 5.02 Å². The third kappa shape index (κ3) is 4.15. The number of benzene rings is 2. The number of halogens is 2. The summed E-state index contributed by atoms with van der Waals surface area (Å²) in [5.74, 6) is 1.01. The molecular formula is C15H13Cl2NO2. The van der Waals surface area contributed by atoms with Gasteiger partial charge in [0.25, 0.3) is 0 Å². The van der Waals surface area contributed by atoms with Gasteiger partial charge in [-0.3, -0.25) is 4.79 Å². The van der Waals surface area contributed by atoms with Gasteiger partial charge in [0.2, 0.25) is 5.91 Å². The summed E-state index contributed by atoms with van der Waals surface area (Å²) in [6.45, 7) is 0.408. The second kappa shape index (κ2) is 7.17. The number of amides is 1. The van der Waals surface area contributed by atoms with E-state index >= 15 is 0 Å². The molecule has 0 aromatic heterocycles. The topological polar surface area (TPSA) is 38.3 Å². The van der Waals surface area contributed by atoms with Crippen LogP contribution in [0.25, 0.3) is 0 Å². The Morgan fingerprint density at radius 1 is 1.15 bits per heavy atom. The third-order valence-corrected chi connectivity index (χ3v) is 3.13. The van der Waals surface area contributed by atoms with E-state index < -0.39 is 0 Å². The molecule has 0 fully saturated rings. The van der Waals surface area contributed by atoms with E-state index in [-0.39, 0.29) is 11.8 Å². The number of rotatable bonds is 5. The minimum Gasteiger partial charge on any atom is -0.456 e. The van der Waals surface area contributed by atoms with Crippen LogP contribution in [0.1, 0.15) is 5.56 Å². The van der Waals surface area contributed by atoms with Gasteiger partial charge in [-0.05, 0) is 29.8 Å². The molecule has 0 aliphatic rings. The van der Waals surface area contributed by atoms with E-state index in [0.29, 0.717) is 23.1 Å². The number of hydrogen-bond donors (Lipinski definition) is 1. The van der Waals surface area contributed by atoms with Crippen molar-refractivity contribution in [3.8, 4) is 11.5 Å². The SMILES string of the molecule is O=C(CCl)NCc1cccc(Oc2ccccc2Cl)c1. The normalized spacial score (nSPS) is 10.1. The van der Waals surface area contributed by atoms with Crippen LogP contribution in [0.15, 0.2) is 48.5 Å². The first-order valence-electron chi connectivity index (χ1n) is 6.03. The van der Waals surface area contributed by atoms with E-state index in [9.17, 15) is 4.79 Å². The maximum Gasteiger partial charge on any atom is 0.235 e. The Labute approximate surface area is 127 Å². The third-order valence-electron chi connectivity index (χ3n) is 2.57. The molecule has 0 spiro atoms. The summed E-state index contributed by atoms with van der Waals surface area (Å²) >= 11 is 11.5. The van der Waals surface area contributed by atoms with Crippen LogP contribution in [0.3, 0.4) is 0 Å². The first kappa shape index (κ1) is 14.7. The van der Waals surface area contributed by atoms with Crippen LogP contribution in [-0.2, 0) is 11.3 Å². The zero-order valence-electron chi connectivity index (χ0n) is 10.6. The van der Waals surface area contributed by atoms with Gasteiger partial charge in [-0.1, -0.05) is 35.9 Å². The van der Waals surface area contributed by atoms with Crippen molar-refractivity contribution in [1.82, 2.24) is 5.32 Å². The number of alkyl halides is 1. The second-order valence-corrected chi connectivity index (χ2v) is 4.76. The van der Waals surface area contributed by atoms with Gasteiger partial charge < -0.3 is 10.1 Å². The first-order valence-corrected chi connectivity index (χ1v) is 6.94. The summed E-state index contributed by atoms with van der Waals surface area (Å²) in [6, 6.07) is 14.7. The van der Waals surface area contributed by atoms with Gasteiger partial charge in [0.1, 0.15) is 17.4 Å². The highest BCUT2D eigenvalue weighted by Gasteiger charge is 2.04. The van der Waals surface area contributed by atoms with Crippen LogP contribution in [0.4, 0.5) is 0 Å². The van der Waals surface area contributed by atoms with Crippen molar-refractivity contribution in [1.29, 1.82) is 0 Å². The monoisotopic (exact) mass is 309 g/mol. The molecule has 20 heavy (non-hydrogen) atoms. The molecule has 1 N–H and O–H groups in total. The first-order chi connectivity index (χ1) is 9.69. The second-order valence-electron chi connectivity index (χ2n) is 4.09.